The molecule has 1 rings (SSSR count). The molecule has 0 aliphatic heterocycles. The SMILES string of the molecule is CCCCC=CC1C(=O)C=CC1OC(C)=O. The third-order valence-electron chi connectivity index (χ3n) is 2.50. The Bertz CT molecular complexity index is 315. The monoisotopic (exact) mass is 222 g/mol. The number of unbranched alkanes of at least 4 members (excludes halogenated alkanes) is 2. The highest BCUT2D eigenvalue weighted by Gasteiger charge is 2.29. The highest BCUT2D eigenvalue weighted by Crippen LogP contribution is 2.20. The van der Waals surface area contributed by atoms with Crippen molar-refractivity contribution in [3.05, 3.63) is 24.3 Å². The fraction of sp³-hybridized carbons (Fsp3) is 0.538. The van der Waals surface area contributed by atoms with Crippen molar-refractivity contribution in [2.75, 3.05) is 0 Å². The van der Waals surface area contributed by atoms with Crippen molar-refractivity contribution in [2.45, 2.75) is 39.2 Å². The van der Waals surface area contributed by atoms with Gasteiger partial charge in [-0.3, -0.25) is 9.59 Å². The average molecular weight is 222 g/mol. The first-order chi connectivity index (χ1) is 7.65. The second kappa shape index (κ2) is 6.26. The first kappa shape index (κ1) is 12.7. The summed E-state index contributed by atoms with van der Waals surface area (Å²) in [5.41, 5.74) is 0. The van der Waals surface area contributed by atoms with Crippen molar-refractivity contribution in [3.8, 4) is 0 Å². The van der Waals surface area contributed by atoms with Crippen LogP contribution in [0.25, 0.3) is 0 Å². The summed E-state index contributed by atoms with van der Waals surface area (Å²) in [5.74, 6) is -0.656. The van der Waals surface area contributed by atoms with Crippen LogP contribution in [0, 0.1) is 5.92 Å². The lowest BCUT2D eigenvalue weighted by Crippen LogP contribution is -2.23. The lowest BCUT2D eigenvalue weighted by molar-refractivity contribution is -0.145. The van der Waals surface area contributed by atoms with E-state index < -0.39 is 6.10 Å². The largest absolute Gasteiger partial charge is 0.457 e. The molecule has 0 saturated carbocycles. The highest BCUT2D eigenvalue weighted by atomic mass is 16.5. The number of ketones is 1. The minimum absolute atomic E-state index is 0.0130. The number of allylic oxidation sites excluding steroid dienone is 2. The van der Waals surface area contributed by atoms with Crippen molar-refractivity contribution in [1.29, 1.82) is 0 Å². The van der Waals surface area contributed by atoms with Crippen LogP contribution in [0.3, 0.4) is 0 Å². The van der Waals surface area contributed by atoms with E-state index in [1.807, 2.05) is 12.2 Å². The molecule has 3 nitrogen and oxygen atoms in total. The second-order valence-electron chi connectivity index (χ2n) is 3.93. The molecule has 0 aromatic heterocycles. The minimum atomic E-state index is -0.414. The van der Waals surface area contributed by atoms with E-state index in [0.717, 1.165) is 19.3 Å². The maximum absolute atomic E-state index is 11.5. The van der Waals surface area contributed by atoms with Gasteiger partial charge in [0.05, 0.1) is 5.92 Å². The average Bonchev–Trinajstić information content (AvgIpc) is 2.55. The lowest BCUT2D eigenvalue weighted by Gasteiger charge is -2.14. The third-order valence-corrected chi connectivity index (χ3v) is 2.50. The van der Waals surface area contributed by atoms with Gasteiger partial charge in [0.25, 0.3) is 0 Å². The maximum atomic E-state index is 11.5. The smallest absolute Gasteiger partial charge is 0.303 e. The fourth-order valence-corrected chi connectivity index (χ4v) is 1.66. The van der Waals surface area contributed by atoms with E-state index in [0.29, 0.717) is 0 Å². The van der Waals surface area contributed by atoms with Crippen LogP contribution in [0.5, 0.6) is 0 Å². The number of esters is 1. The van der Waals surface area contributed by atoms with Gasteiger partial charge in [-0.25, -0.2) is 0 Å². The number of hydrogen-bond donors (Lipinski definition) is 0. The molecule has 2 unspecified atom stereocenters. The molecule has 1 aliphatic rings. The molecule has 3 heteroatoms. The molecule has 0 spiro atoms. The molecule has 0 heterocycles. The molecule has 0 aromatic carbocycles. The van der Waals surface area contributed by atoms with Gasteiger partial charge in [0.2, 0.25) is 0 Å². The Morgan fingerprint density at radius 3 is 2.94 bits per heavy atom. The van der Waals surface area contributed by atoms with Crippen molar-refractivity contribution >= 4 is 11.8 Å². The topological polar surface area (TPSA) is 43.4 Å². The van der Waals surface area contributed by atoms with Gasteiger partial charge >= 0.3 is 5.97 Å². The van der Waals surface area contributed by atoms with Gasteiger partial charge in [0, 0.05) is 6.92 Å². The van der Waals surface area contributed by atoms with Gasteiger partial charge in [0.15, 0.2) is 5.78 Å². The Kier molecular flexibility index (Phi) is 4.96. The predicted octanol–water partition coefficient (Wildman–Crippen LogP) is 2.42. The molecule has 88 valence electrons. The zero-order valence-corrected chi connectivity index (χ0v) is 9.81. The molecule has 16 heavy (non-hydrogen) atoms. The van der Waals surface area contributed by atoms with Gasteiger partial charge in [-0.15, -0.1) is 0 Å². The molecule has 0 N–H and O–H groups in total. The summed E-state index contributed by atoms with van der Waals surface area (Å²) in [4.78, 5) is 22.3. The standard InChI is InChI=1S/C13H18O3/c1-3-4-5-6-7-11-12(15)8-9-13(11)16-10(2)14/h6-9,11,13H,3-5H2,1-2H3. The first-order valence-corrected chi connectivity index (χ1v) is 5.71. The van der Waals surface area contributed by atoms with Crippen LogP contribution >= 0.6 is 0 Å². The zero-order chi connectivity index (χ0) is 12.0. The van der Waals surface area contributed by atoms with E-state index in [-0.39, 0.29) is 17.7 Å². The molecule has 0 bridgehead atoms. The second-order valence-corrected chi connectivity index (χ2v) is 3.93. The molecule has 0 radical (unpaired) electrons. The molecule has 0 aromatic rings. The van der Waals surface area contributed by atoms with Crippen LogP contribution in [0.1, 0.15) is 33.1 Å². The van der Waals surface area contributed by atoms with Crippen LogP contribution in [-0.2, 0) is 14.3 Å². The van der Waals surface area contributed by atoms with Crippen molar-refractivity contribution in [1.82, 2.24) is 0 Å². The van der Waals surface area contributed by atoms with Crippen LogP contribution in [-0.4, -0.2) is 17.9 Å². The lowest BCUT2D eigenvalue weighted by atomic mass is 10.0. The summed E-state index contributed by atoms with van der Waals surface area (Å²) in [6, 6.07) is 0. The minimum Gasteiger partial charge on any atom is -0.457 e. The van der Waals surface area contributed by atoms with Gasteiger partial charge in [0.1, 0.15) is 6.10 Å². The first-order valence-electron chi connectivity index (χ1n) is 5.71. The molecule has 2 atom stereocenters. The van der Waals surface area contributed by atoms with Crippen LogP contribution in [0.2, 0.25) is 0 Å². The van der Waals surface area contributed by atoms with E-state index in [1.165, 1.54) is 13.0 Å². The molecular formula is C13H18O3. The van der Waals surface area contributed by atoms with Crippen LogP contribution in [0.15, 0.2) is 24.3 Å². The van der Waals surface area contributed by atoms with E-state index in [1.54, 1.807) is 6.08 Å². The van der Waals surface area contributed by atoms with Crippen LogP contribution < -0.4 is 0 Å². The summed E-state index contributed by atoms with van der Waals surface area (Å²) in [5, 5.41) is 0. The van der Waals surface area contributed by atoms with E-state index in [9.17, 15) is 9.59 Å². The Balaban J connectivity index is 2.51. The number of carbonyl (C=O) groups excluding carboxylic acids is 2. The Hall–Kier alpha value is -1.38. The van der Waals surface area contributed by atoms with Gasteiger partial charge in [-0.1, -0.05) is 31.9 Å². The van der Waals surface area contributed by atoms with E-state index >= 15 is 0 Å². The Morgan fingerprint density at radius 1 is 1.56 bits per heavy atom. The normalized spacial score (nSPS) is 24.2. The Labute approximate surface area is 96.2 Å². The van der Waals surface area contributed by atoms with Gasteiger partial charge in [-0.05, 0) is 18.6 Å². The quantitative estimate of drug-likeness (QED) is 0.407. The van der Waals surface area contributed by atoms with E-state index in [4.69, 9.17) is 4.74 Å². The summed E-state index contributed by atoms with van der Waals surface area (Å²) in [6.45, 7) is 3.48. The van der Waals surface area contributed by atoms with E-state index in [2.05, 4.69) is 6.92 Å². The summed E-state index contributed by atoms with van der Waals surface area (Å²) in [7, 11) is 0. The molecular weight excluding hydrogens is 204 g/mol. The molecule has 1 aliphatic carbocycles. The zero-order valence-electron chi connectivity index (χ0n) is 9.81. The summed E-state index contributed by atoms with van der Waals surface area (Å²) >= 11 is 0. The summed E-state index contributed by atoms with van der Waals surface area (Å²) in [6.07, 6.45) is 9.79. The number of rotatable bonds is 5. The molecule has 0 fully saturated rings. The summed E-state index contributed by atoms with van der Waals surface area (Å²) < 4.78 is 5.05. The molecule has 0 amide bonds. The third kappa shape index (κ3) is 3.65. The molecule has 0 saturated heterocycles. The Morgan fingerprint density at radius 2 is 2.31 bits per heavy atom. The number of ether oxygens (including phenoxy) is 1. The van der Waals surface area contributed by atoms with Gasteiger partial charge < -0.3 is 4.74 Å². The number of hydrogen-bond acceptors (Lipinski definition) is 3. The van der Waals surface area contributed by atoms with Gasteiger partial charge in [-0.2, -0.15) is 0 Å². The maximum Gasteiger partial charge on any atom is 0.303 e. The fourth-order valence-electron chi connectivity index (χ4n) is 1.66. The number of carbonyl (C=O) groups is 2. The van der Waals surface area contributed by atoms with Crippen LogP contribution in [0.4, 0.5) is 0 Å². The van der Waals surface area contributed by atoms with Crippen molar-refractivity contribution < 1.29 is 14.3 Å². The predicted molar refractivity (Wildman–Crippen MR) is 61.9 cm³/mol. The van der Waals surface area contributed by atoms with Crippen molar-refractivity contribution in [2.24, 2.45) is 5.92 Å². The highest BCUT2D eigenvalue weighted by molar-refractivity contribution is 5.96. The van der Waals surface area contributed by atoms with Crippen molar-refractivity contribution in [3.63, 3.8) is 0 Å².